The lowest BCUT2D eigenvalue weighted by molar-refractivity contribution is -0.129. The molecule has 2 N–H and O–H groups in total. The summed E-state index contributed by atoms with van der Waals surface area (Å²) in [7, 11) is -1.56. The summed E-state index contributed by atoms with van der Waals surface area (Å²) >= 11 is 5.91. The molecule has 0 aromatic heterocycles. The van der Waals surface area contributed by atoms with Crippen LogP contribution in [0.1, 0.15) is 54.1 Å². The molecule has 7 nitrogen and oxygen atoms in total. The summed E-state index contributed by atoms with van der Waals surface area (Å²) in [4.78, 5) is 28.6. The van der Waals surface area contributed by atoms with E-state index < -0.39 is 27.0 Å². The summed E-state index contributed by atoms with van der Waals surface area (Å²) in [6.07, 6.45) is 1.07. The average Bonchev–Trinajstić information content (AvgIpc) is 2.81. The number of anilines is 1. The molecule has 0 atom stereocenters. The minimum Gasteiger partial charge on any atom is -0.355 e. The number of nitrogens with one attached hydrogen (secondary N) is 2. The molecule has 2 aliphatic rings. The molecule has 0 spiro atoms. The second-order valence-corrected chi connectivity index (χ2v) is 12.7. The topological polar surface area (TPSA) is 95.6 Å². The maximum atomic E-state index is 14.4. The van der Waals surface area contributed by atoms with E-state index in [2.05, 4.69) is 29.4 Å². The Morgan fingerprint density at radius 1 is 1.14 bits per heavy atom. The Morgan fingerprint density at radius 2 is 1.78 bits per heavy atom. The number of hydrogen-bond acceptors (Lipinski definition) is 5. The fraction of sp³-hybridized carbons (Fsp3) is 0.462. The van der Waals surface area contributed by atoms with Crippen molar-refractivity contribution in [1.29, 1.82) is 0 Å². The van der Waals surface area contributed by atoms with Gasteiger partial charge >= 0.3 is 0 Å². The van der Waals surface area contributed by atoms with E-state index in [1.807, 2.05) is 24.3 Å². The van der Waals surface area contributed by atoms with E-state index >= 15 is 0 Å². The number of carbonyl (C=O) groups is 2. The van der Waals surface area contributed by atoms with Gasteiger partial charge in [-0.05, 0) is 42.0 Å². The van der Waals surface area contributed by atoms with Crippen LogP contribution in [0.15, 0.2) is 36.4 Å². The molecule has 2 fully saturated rings. The van der Waals surface area contributed by atoms with Gasteiger partial charge in [0.15, 0.2) is 0 Å². The number of nitrogens with zero attached hydrogens (tertiary/aromatic N) is 1. The molecule has 2 amide bonds. The molecule has 4 rings (SSSR count). The molecular formula is C26H31ClFN3O4S. The van der Waals surface area contributed by atoms with E-state index in [4.69, 9.17) is 11.6 Å². The highest BCUT2D eigenvalue weighted by Gasteiger charge is 2.53. The normalized spacial score (nSPS) is 19.5. The minimum absolute atomic E-state index is 0.0462. The Labute approximate surface area is 216 Å². The van der Waals surface area contributed by atoms with Crippen molar-refractivity contribution in [3.8, 4) is 0 Å². The van der Waals surface area contributed by atoms with Crippen LogP contribution < -0.4 is 10.6 Å². The average molecular weight is 536 g/mol. The summed E-state index contributed by atoms with van der Waals surface area (Å²) < 4.78 is 38.2. The largest absolute Gasteiger partial charge is 0.355 e. The van der Waals surface area contributed by atoms with Crippen molar-refractivity contribution in [2.24, 2.45) is 0 Å². The summed E-state index contributed by atoms with van der Waals surface area (Å²) in [5.41, 5.74) is 1.09. The van der Waals surface area contributed by atoms with Crippen LogP contribution in [0.5, 0.6) is 0 Å². The lowest BCUT2D eigenvalue weighted by atomic mass is 9.69. The van der Waals surface area contributed by atoms with Crippen molar-refractivity contribution in [2.45, 2.75) is 44.1 Å². The third kappa shape index (κ3) is 5.01. The zero-order valence-corrected chi connectivity index (χ0v) is 22.2. The number of halogens is 2. The monoisotopic (exact) mass is 535 g/mol. The molecule has 2 heterocycles. The zero-order chi connectivity index (χ0) is 26.3. The van der Waals surface area contributed by atoms with Crippen LogP contribution in [0.25, 0.3) is 0 Å². The number of sulfone groups is 1. The quantitative estimate of drug-likeness (QED) is 0.587. The first kappa shape index (κ1) is 26.6. The van der Waals surface area contributed by atoms with Crippen LogP contribution >= 0.6 is 11.6 Å². The fourth-order valence-electron chi connectivity index (χ4n) is 5.24. The summed E-state index contributed by atoms with van der Waals surface area (Å²) in [6, 6.07) is 10.1. The van der Waals surface area contributed by atoms with Crippen molar-refractivity contribution >= 4 is 38.9 Å². The van der Waals surface area contributed by atoms with Crippen molar-refractivity contribution in [2.75, 3.05) is 37.0 Å². The molecule has 36 heavy (non-hydrogen) atoms. The van der Waals surface area contributed by atoms with Gasteiger partial charge in [-0.25, -0.2) is 12.8 Å². The number of amides is 2. The second kappa shape index (κ2) is 10.1. The predicted octanol–water partition coefficient (Wildman–Crippen LogP) is 3.73. The fourth-order valence-corrected chi connectivity index (χ4v) is 6.87. The zero-order valence-electron chi connectivity index (χ0n) is 20.6. The number of rotatable bonds is 6. The van der Waals surface area contributed by atoms with Gasteiger partial charge in [0.25, 0.3) is 5.91 Å². The van der Waals surface area contributed by atoms with E-state index in [0.29, 0.717) is 25.9 Å². The number of carbonyl (C=O) groups excluding carboxylic acids is 2. The van der Waals surface area contributed by atoms with Gasteiger partial charge in [-0.2, -0.15) is 0 Å². The standard InChI is InChI=1S/C26H31ClFN3O4S/c1-16(2)18-6-4-5-7-20(18)26(14-31(15-26)17-8-10-36(34,35)11-9-17)25(33)30-23-13-22(28)21(27)12-19(23)24(32)29-3/h4-7,12-13,16-17H,8-11,14-15H2,1-3H3,(H,29,32)(H,30,33). The highest BCUT2D eigenvalue weighted by molar-refractivity contribution is 7.91. The van der Waals surface area contributed by atoms with Crippen molar-refractivity contribution in [3.63, 3.8) is 0 Å². The van der Waals surface area contributed by atoms with E-state index in [9.17, 15) is 22.4 Å². The molecule has 2 saturated heterocycles. The van der Waals surface area contributed by atoms with Gasteiger partial charge in [0.05, 0.1) is 33.2 Å². The van der Waals surface area contributed by atoms with Crippen LogP contribution in [0, 0.1) is 5.82 Å². The first-order valence-electron chi connectivity index (χ1n) is 12.0. The van der Waals surface area contributed by atoms with Crippen LogP contribution in [-0.2, 0) is 20.0 Å². The Bertz CT molecular complexity index is 1280. The van der Waals surface area contributed by atoms with Crippen molar-refractivity contribution < 1.29 is 22.4 Å². The Hall–Kier alpha value is -2.49. The molecule has 2 aromatic rings. The first-order valence-corrected chi connectivity index (χ1v) is 14.2. The van der Waals surface area contributed by atoms with E-state index in [1.165, 1.54) is 13.1 Å². The summed E-state index contributed by atoms with van der Waals surface area (Å²) in [5.74, 6) is -1.13. The minimum atomic E-state index is -3.00. The lowest BCUT2D eigenvalue weighted by Gasteiger charge is -2.53. The first-order chi connectivity index (χ1) is 17.0. The van der Waals surface area contributed by atoms with Gasteiger partial charge in [-0.1, -0.05) is 49.7 Å². The van der Waals surface area contributed by atoms with E-state index in [-0.39, 0.29) is 45.6 Å². The molecular weight excluding hydrogens is 505 g/mol. The number of hydrogen-bond donors (Lipinski definition) is 2. The van der Waals surface area contributed by atoms with Gasteiger partial charge < -0.3 is 10.6 Å². The summed E-state index contributed by atoms with van der Waals surface area (Å²) in [6.45, 7) is 4.92. The molecule has 2 aromatic carbocycles. The Morgan fingerprint density at radius 3 is 2.39 bits per heavy atom. The number of benzene rings is 2. The third-order valence-electron chi connectivity index (χ3n) is 7.30. The van der Waals surface area contributed by atoms with Crippen molar-refractivity contribution in [1.82, 2.24) is 10.2 Å². The van der Waals surface area contributed by atoms with Crippen LogP contribution in [0.2, 0.25) is 5.02 Å². The van der Waals surface area contributed by atoms with Gasteiger partial charge in [-0.3, -0.25) is 14.5 Å². The highest BCUT2D eigenvalue weighted by Crippen LogP contribution is 2.42. The van der Waals surface area contributed by atoms with Crippen molar-refractivity contribution in [3.05, 3.63) is 63.9 Å². The molecule has 0 radical (unpaired) electrons. The SMILES string of the molecule is CNC(=O)c1cc(Cl)c(F)cc1NC(=O)C1(c2ccccc2C(C)C)CN(C2CCS(=O)(=O)CC2)C1. The third-order valence-corrected chi connectivity index (χ3v) is 9.30. The number of likely N-dealkylation sites (tertiary alicyclic amines) is 1. The molecule has 10 heteroatoms. The maximum absolute atomic E-state index is 14.4. The second-order valence-electron chi connectivity index (χ2n) is 9.96. The molecule has 2 aliphatic heterocycles. The Balaban J connectivity index is 1.69. The van der Waals surface area contributed by atoms with Crippen LogP contribution in [-0.4, -0.2) is 62.8 Å². The summed E-state index contributed by atoms with van der Waals surface area (Å²) in [5, 5.41) is 5.09. The highest BCUT2D eigenvalue weighted by atomic mass is 35.5. The predicted molar refractivity (Wildman–Crippen MR) is 139 cm³/mol. The molecule has 0 bridgehead atoms. The lowest BCUT2D eigenvalue weighted by Crippen LogP contribution is -2.68. The maximum Gasteiger partial charge on any atom is 0.253 e. The van der Waals surface area contributed by atoms with Gasteiger partial charge in [0.1, 0.15) is 15.7 Å². The van der Waals surface area contributed by atoms with Gasteiger partial charge in [0, 0.05) is 26.2 Å². The van der Waals surface area contributed by atoms with Crippen LogP contribution in [0.3, 0.4) is 0 Å². The van der Waals surface area contributed by atoms with Crippen LogP contribution in [0.4, 0.5) is 10.1 Å². The molecule has 194 valence electrons. The van der Waals surface area contributed by atoms with E-state index in [0.717, 1.165) is 17.2 Å². The molecule has 0 aliphatic carbocycles. The van der Waals surface area contributed by atoms with E-state index in [1.54, 1.807) is 0 Å². The van der Waals surface area contributed by atoms with Gasteiger partial charge in [0.2, 0.25) is 5.91 Å². The Kier molecular flexibility index (Phi) is 7.46. The molecule has 0 unspecified atom stereocenters. The van der Waals surface area contributed by atoms with Gasteiger partial charge in [-0.15, -0.1) is 0 Å². The molecule has 0 saturated carbocycles. The smallest absolute Gasteiger partial charge is 0.253 e.